The van der Waals surface area contributed by atoms with Crippen molar-refractivity contribution < 1.29 is 0 Å². The SMILES string of the molecule is CCc1ccc(CC(N)C(CC)(CC)N(CC)CC)nc1. The molecule has 21 heavy (non-hydrogen) atoms. The minimum atomic E-state index is 0.0780. The normalized spacial score (nSPS) is 13.7. The van der Waals surface area contributed by atoms with Crippen molar-refractivity contribution in [3.63, 3.8) is 0 Å². The molecule has 0 aliphatic carbocycles. The van der Waals surface area contributed by atoms with Crippen molar-refractivity contribution in [3.05, 3.63) is 29.6 Å². The van der Waals surface area contributed by atoms with Gasteiger partial charge >= 0.3 is 0 Å². The number of aryl methyl sites for hydroxylation is 1. The van der Waals surface area contributed by atoms with Gasteiger partial charge in [-0.05, 0) is 44.0 Å². The molecule has 0 aliphatic rings. The molecule has 0 saturated carbocycles. The predicted molar refractivity (Wildman–Crippen MR) is 91.5 cm³/mol. The first-order valence-corrected chi connectivity index (χ1v) is 8.52. The third kappa shape index (κ3) is 4.04. The Morgan fingerprint density at radius 2 is 1.71 bits per heavy atom. The van der Waals surface area contributed by atoms with Gasteiger partial charge in [0.25, 0.3) is 0 Å². The van der Waals surface area contributed by atoms with E-state index in [-0.39, 0.29) is 11.6 Å². The molecule has 0 aromatic carbocycles. The second-order valence-corrected chi connectivity index (χ2v) is 5.80. The molecule has 1 aromatic heterocycles. The highest BCUT2D eigenvalue weighted by atomic mass is 15.2. The van der Waals surface area contributed by atoms with Crippen LogP contribution in [0.1, 0.15) is 58.7 Å². The molecule has 2 N–H and O–H groups in total. The van der Waals surface area contributed by atoms with Crippen LogP contribution in [0.4, 0.5) is 0 Å². The van der Waals surface area contributed by atoms with E-state index in [1.165, 1.54) is 5.56 Å². The van der Waals surface area contributed by atoms with Crippen LogP contribution in [0.5, 0.6) is 0 Å². The second-order valence-electron chi connectivity index (χ2n) is 5.80. The zero-order valence-electron chi connectivity index (χ0n) is 14.5. The van der Waals surface area contributed by atoms with Gasteiger partial charge in [0.1, 0.15) is 0 Å². The Hall–Kier alpha value is -0.930. The summed E-state index contributed by atoms with van der Waals surface area (Å²) in [5.74, 6) is 0. The van der Waals surface area contributed by atoms with Crippen LogP contribution in [0.25, 0.3) is 0 Å². The summed E-state index contributed by atoms with van der Waals surface area (Å²) in [6, 6.07) is 4.43. The van der Waals surface area contributed by atoms with Crippen molar-refractivity contribution in [2.45, 2.75) is 71.9 Å². The third-order valence-corrected chi connectivity index (χ3v) is 5.03. The quantitative estimate of drug-likeness (QED) is 0.758. The highest BCUT2D eigenvalue weighted by molar-refractivity contribution is 5.16. The lowest BCUT2D eigenvalue weighted by Crippen LogP contribution is -2.60. The smallest absolute Gasteiger partial charge is 0.0419 e. The van der Waals surface area contributed by atoms with Crippen molar-refractivity contribution in [2.24, 2.45) is 5.73 Å². The first kappa shape index (κ1) is 18.1. The van der Waals surface area contributed by atoms with Crippen molar-refractivity contribution in [1.82, 2.24) is 9.88 Å². The van der Waals surface area contributed by atoms with E-state index in [9.17, 15) is 0 Å². The lowest BCUT2D eigenvalue weighted by atomic mass is 9.80. The van der Waals surface area contributed by atoms with Crippen LogP contribution >= 0.6 is 0 Å². The van der Waals surface area contributed by atoms with Crippen molar-refractivity contribution in [2.75, 3.05) is 13.1 Å². The van der Waals surface area contributed by atoms with E-state index in [1.807, 2.05) is 6.20 Å². The first-order valence-electron chi connectivity index (χ1n) is 8.52. The molecular weight excluding hydrogens is 258 g/mol. The number of rotatable bonds is 9. The maximum Gasteiger partial charge on any atom is 0.0419 e. The van der Waals surface area contributed by atoms with E-state index in [0.717, 1.165) is 44.5 Å². The molecule has 0 saturated heterocycles. The third-order valence-electron chi connectivity index (χ3n) is 5.03. The largest absolute Gasteiger partial charge is 0.326 e. The van der Waals surface area contributed by atoms with E-state index < -0.39 is 0 Å². The minimum Gasteiger partial charge on any atom is -0.326 e. The average molecular weight is 291 g/mol. The molecule has 3 heteroatoms. The monoisotopic (exact) mass is 291 g/mol. The molecule has 1 unspecified atom stereocenters. The fraction of sp³-hybridized carbons (Fsp3) is 0.722. The van der Waals surface area contributed by atoms with Gasteiger partial charge in [-0.15, -0.1) is 0 Å². The molecule has 1 atom stereocenters. The van der Waals surface area contributed by atoms with Crippen LogP contribution in [0, 0.1) is 0 Å². The molecule has 0 bridgehead atoms. The Labute approximate surface area is 130 Å². The Bertz CT molecular complexity index is 391. The summed E-state index contributed by atoms with van der Waals surface area (Å²) in [5.41, 5.74) is 9.12. The van der Waals surface area contributed by atoms with Crippen LogP contribution in [-0.2, 0) is 12.8 Å². The maximum absolute atomic E-state index is 6.65. The van der Waals surface area contributed by atoms with Crippen molar-refractivity contribution in [3.8, 4) is 0 Å². The second kappa shape index (κ2) is 8.50. The van der Waals surface area contributed by atoms with Crippen LogP contribution in [0.3, 0.4) is 0 Å². The molecule has 120 valence electrons. The Morgan fingerprint density at radius 3 is 2.10 bits per heavy atom. The highest BCUT2D eigenvalue weighted by Gasteiger charge is 2.37. The van der Waals surface area contributed by atoms with Gasteiger partial charge in [-0.1, -0.05) is 40.7 Å². The van der Waals surface area contributed by atoms with Gasteiger partial charge < -0.3 is 5.73 Å². The zero-order chi connectivity index (χ0) is 15.9. The molecule has 0 spiro atoms. The van der Waals surface area contributed by atoms with E-state index >= 15 is 0 Å². The van der Waals surface area contributed by atoms with Gasteiger partial charge in [0.05, 0.1) is 0 Å². The fourth-order valence-corrected chi connectivity index (χ4v) is 3.51. The zero-order valence-corrected chi connectivity index (χ0v) is 14.5. The van der Waals surface area contributed by atoms with Gasteiger partial charge in [0, 0.05) is 29.9 Å². The number of nitrogens with two attached hydrogens (primary N) is 1. The molecule has 1 rings (SSSR count). The van der Waals surface area contributed by atoms with Crippen molar-refractivity contribution >= 4 is 0 Å². The standard InChI is InChI=1S/C18H33N3/c1-6-15-11-12-16(20-14-15)13-17(19)18(7-2,8-3)21(9-4)10-5/h11-12,14,17H,6-10,13,19H2,1-5H3. The number of hydrogen-bond acceptors (Lipinski definition) is 3. The number of likely N-dealkylation sites (N-methyl/N-ethyl adjacent to an activating group) is 1. The predicted octanol–water partition coefficient (Wildman–Crippen LogP) is 3.41. The Kier molecular flexibility index (Phi) is 7.33. The highest BCUT2D eigenvalue weighted by Crippen LogP contribution is 2.28. The first-order chi connectivity index (χ1) is 10.1. The molecule has 0 radical (unpaired) electrons. The number of nitrogens with zero attached hydrogens (tertiary/aromatic N) is 2. The van der Waals surface area contributed by atoms with Gasteiger partial charge in [0.2, 0.25) is 0 Å². The Morgan fingerprint density at radius 1 is 1.10 bits per heavy atom. The topological polar surface area (TPSA) is 42.1 Å². The molecule has 1 heterocycles. The maximum atomic E-state index is 6.65. The molecule has 3 nitrogen and oxygen atoms in total. The number of aromatic nitrogens is 1. The van der Waals surface area contributed by atoms with Crippen LogP contribution in [-0.4, -0.2) is 34.6 Å². The molecule has 0 fully saturated rings. The summed E-state index contributed by atoms with van der Waals surface area (Å²) < 4.78 is 0. The van der Waals surface area contributed by atoms with Crippen LogP contribution < -0.4 is 5.73 Å². The van der Waals surface area contributed by atoms with E-state index in [4.69, 9.17) is 5.73 Å². The molecule has 1 aromatic rings. The molecule has 0 aliphatic heterocycles. The van der Waals surface area contributed by atoms with E-state index in [0.29, 0.717) is 0 Å². The lowest BCUT2D eigenvalue weighted by Gasteiger charge is -2.46. The van der Waals surface area contributed by atoms with Crippen LogP contribution in [0.15, 0.2) is 18.3 Å². The van der Waals surface area contributed by atoms with Gasteiger partial charge in [-0.2, -0.15) is 0 Å². The number of hydrogen-bond donors (Lipinski definition) is 1. The van der Waals surface area contributed by atoms with Gasteiger partial charge in [-0.25, -0.2) is 0 Å². The average Bonchev–Trinajstić information content (AvgIpc) is 2.53. The van der Waals surface area contributed by atoms with Crippen LogP contribution in [0.2, 0.25) is 0 Å². The lowest BCUT2D eigenvalue weighted by molar-refractivity contribution is 0.0625. The summed E-state index contributed by atoms with van der Waals surface area (Å²) in [6.45, 7) is 13.2. The van der Waals surface area contributed by atoms with Crippen molar-refractivity contribution in [1.29, 1.82) is 0 Å². The fourth-order valence-electron chi connectivity index (χ4n) is 3.51. The summed E-state index contributed by atoms with van der Waals surface area (Å²) in [4.78, 5) is 7.11. The summed E-state index contributed by atoms with van der Waals surface area (Å²) >= 11 is 0. The van der Waals surface area contributed by atoms with E-state index in [1.54, 1.807) is 0 Å². The summed E-state index contributed by atoms with van der Waals surface area (Å²) in [7, 11) is 0. The molecule has 0 amide bonds. The Balaban J connectivity index is 2.92. The van der Waals surface area contributed by atoms with Gasteiger partial charge in [0.15, 0.2) is 0 Å². The number of pyridine rings is 1. The van der Waals surface area contributed by atoms with Gasteiger partial charge in [-0.3, -0.25) is 9.88 Å². The minimum absolute atomic E-state index is 0.0780. The summed E-state index contributed by atoms with van der Waals surface area (Å²) in [5, 5.41) is 0. The molecular formula is C18H33N3. The summed E-state index contributed by atoms with van der Waals surface area (Å²) in [6.07, 6.45) is 6.03. The van der Waals surface area contributed by atoms with E-state index in [2.05, 4.69) is 56.6 Å².